The van der Waals surface area contributed by atoms with Crippen LogP contribution in [0.25, 0.3) is 0 Å². The summed E-state index contributed by atoms with van der Waals surface area (Å²) >= 11 is 3.47. The van der Waals surface area contributed by atoms with E-state index >= 15 is 0 Å². The molecule has 74 valence electrons. The second-order valence-electron chi connectivity index (χ2n) is 4.01. The van der Waals surface area contributed by atoms with E-state index in [-0.39, 0.29) is 0 Å². The van der Waals surface area contributed by atoms with Gasteiger partial charge in [-0.2, -0.15) is 0 Å². The van der Waals surface area contributed by atoms with Crippen LogP contribution < -0.4 is 0 Å². The van der Waals surface area contributed by atoms with Gasteiger partial charge in [-0.15, -0.1) is 0 Å². The number of halogens is 1. The zero-order valence-corrected chi connectivity index (χ0v) is 9.87. The molecule has 0 spiro atoms. The SMILES string of the molecule is Brc1ccc(C2Cc3ccccc32)cc1. The van der Waals surface area contributed by atoms with Crippen LogP contribution in [0, 0.1) is 0 Å². The molecule has 2 aromatic rings. The number of rotatable bonds is 1. The molecule has 0 fully saturated rings. The van der Waals surface area contributed by atoms with E-state index in [0.717, 1.165) is 4.47 Å². The highest BCUT2D eigenvalue weighted by atomic mass is 79.9. The predicted molar refractivity (Wildman–Crippen MR) is 66.1 cm³/mol. The van der Waals surface area contributed by atoms with Crippen molar-refractivity contribution in [2.75, 3.05) is 0 Å². The first-order valence-corrected chi connectivity index (χ1v) is 5.97. The van der Waals surface area contributed by atoms with Gasteiger partial charge in [-0.1, -0.05) is 52.3 Å². The Hall–Kier alpha value is -1.08. The van der Waals surface area contributed by atoms with Gasteiger partial charge in [0, 0.05) is 10.4 Å². The minimum absolute atomic E-state index is 0.620. The highest BCUT2D eigenvalue weighted by molar-refractivity contribution is 9.10. The molecule has 15 heavy (non-hydrogen) atoms. The lowest BCUT2D eigenvalue weighted by Gasteiger charge is -2.30. The van der Waals surface area contributed by atoms with Gasteiger partial charge in [0.1, 0.15) is 0 Å². The fraction of sp³-hybridized carbons (Fsp3) is 0.143. The Balaban J connectivity index is 1.96. The number of benzene rings is 2. The minimum Gasteiger partial charge on any atom is -0.0620 e. The summed E-state index contributed by atoms with van der Waals surface area (Å²) < 4.78 is 1.15. The topological polar surface area (TPSA) is 0 Å². The molecule has 0 saturated heterocycles. The Bertz CT molecular complexity index is 485. The first-order valence-electron chi connectivity index (χ1n) is 5.18. The van der Waals surface area contributed by atoms with E-state index in [1.54, 1.807) is 0 Å². The molecule has 0 aromatic heterocycles. The summed E-state index contributed by atoms with van der Waals surface area (Å²) in [5, 5.41) is 0. The summed E-state index contributed by atoms with van der Waals surface area (Å²) in [6.07, 6.45) is 1.19. The van der Waals surface area contributed by atoms with Crippen LogP contribution in [0.15, 0.2) is 53.0 Å². The van der Waals surface area contributed by atoms with Crippen LogP contribution in [0.2, 0.25) is 0 Å². The Morgan fingerprint density at radius 3 is 2.40 bits per heavy atom. The zero-order valence-electron chi connectivity index (χ0n) is 8.28. The Kier molecular flexibility index (Phi) is 2.14. The molecule has 1 aliphatic carbocycles. The van der Waals surface area contributed by atoms with Gasteiger partial charge in [0.15, 0.2) is 0 Å². The first kappa shape index (κ1) is 9.17. The molecule has 3 rings (SSSR count). The van der Waals surface area contributed by atoms with Crippen LogP contribution in [0.3, 0.4) is 0 Å². The van der Waals surface area contributed by atoms with Crippen molar-refractivity contribution in [3.8, 4) is 0 Å². The van der Waals surface area contributed by atoms with Crippen LogP contribution >= 0.6 is 15.9 Å². The standard InChI is InChI=1S/C14H11Br/c15-12-7-5-10(6-8-12)14-9-11-3-1-2-4-13(11)14/h1-8,14H,9H2. The lowest BCUT2D eigenvalue weighted by Crippen LogP contribution is -2.17. The van der Waals surface area contributed by atoms with Crippen LogP contribution in [-0.2, 0) is 6.42 Å². The van der Waals surface area contributed by atoms with Crippen LogP contribution in [0.5, 0.6) is 0 Å². The van der Waals surface area contributed by atoms with E-state index in [4.69, 9.17) is 0 Å². The molecule has 0 bridgehead atoms. The molecule has 1 heteroatoms. The van der Waals surface area contributed by atoms with Crippen LogP contribution in [-0.4, -0.2) is 0 Å². The summed E-state index contributed by atoms with van der Waals surface area (Å²) in [6, 6.07) is 17.4. The highest BCUT2D eigenvalue weighted by Crippen LogP contribution is 2.39. The maximum absolute atomic E-state index is 3.47. The van der Waals surface area contributed by atoms with Crippen molar-refractivity contribution in [2.45, 2.75) is 12.3 Å². The van der Waals surface area contributed by atoms with Gasteiger partial charge >= 0.3 is 0 Å². The lowest BCUT2D eigenvalue weighted by molar-refractivity contribution is 0.708. The van der Waals surface area contributed by atoms with Crippen molar-refractivity contribution in [1.82, 2.24) is 0 Å². The third kappa shape index (κ3) is 1.51. The summed E-state index contributed by atoms with van der Waals surface area (Å²) in [6.45, 7) is 0. The maximum atomic E-state index is 3.47. The molecule has 0 N–H and O–H groups in total. The summed E-state index contributed by atoms with van der Waals surface area (Å²) in [5.74, 6) is 0.620. The average molecular weight is 259 g/mol. The number of hydrogen-bond donors (Lipinski definition) is 0. The van der Waals surface area contributed by atoms with Crippen LogP contribution in [0.1, 0.15) is 22.6 Å². The van der Waals surface area contributed by atoms with Crippen molar-refractivity contribution in [3.05, 3.63) is 69.7 Å². The fourth-order valence-electron chi connectivity index (χ4n) is 2.25. The quantitative estimate of drug-likeness (QED) is 0.722. The Morgan fingerprint density at radius 1 is 0.933 bits per heavy atom. The van der Waals surface area contributed by atoms with Gasteiger partial charge in [0.05, 0.1) is 0 Å². The largest absolute Gasteiger partial charge is 0.0620 e. The Labute approximate surface area is 98.1 Å². The normalized spacial score (nSPS) is 18.1. The zero-order chi connectivity index (χ0) is 10.3. The third-order valence-corrected chi connectivity index (χ3v) is 3.66. The molecule has 0 amide bonds. The Morgan fingerprint density at radius 2 is 1.67 bits per heavy atom. The molecule has 0 aliphatic heterocycles. The van der Waals surface area contributed by atoms with Gasteiger partial charge in [0.25, 0.3) is 0 Å². The highest BCUT2D eigenvalue weighted by Gasteiger charge is 2.26. The van der Waals surface area contributed by atoms with Crippen molar-refractivity contribution in [3.63, 3.8) is 0 Å². The second kappa shape index (κ2) is 3.49. The average Bonchev–Trinajstić information content (AvgIpc) is 2.23. The molecule has 2 aromatic carbocycles. The molecule has 0 nitrogen and oxygen atoms in total. The summed E-state index contributed by atoms with van der Waals surface area (Å²) in [4.78, 5) is 0. The maximum Gasteiger partial charge on any atom is 0.0175 e. The molecule has 1 atom stereocenters. The van der Waals surface area contributed by atoms with Gasteiger partial charge < -0.3 is 0 Å². The van der Waals surface area contributed by atoms with Crippen molar-refractivity contribution >= 4 is 15.9 Å². The summed E-state index contributed by atoms with van der Waals surface area (Å²) in [5.41, 5.74) is 4.43. The van der Waals surface area contributed by atoms with Crippen molar-refractivity contribution in [1.29, 1.82) is 0 Å². The van der Waals surface area contributed by atoms with Gasteiger partial charge in [0.2, 0.25) is 0 Å². The second-order valence-corrected chi connectivity index (χ2v) is 4.92. The molecular formula is C14H11Br. The fourth-order valence-corrected chi connectivity index (χ4v) is 2.52. The van der Waals surface area contributed by atoms with E-state index in [9.17, 15) is 0 Å². The third-order valence-electron chi connectivity index (χ3n) is 3.13. The molecule has 1 unspecified atom stereocenters. The predicted octanol–water partition coefficient (Wildman–Crippen LogP) is 4.14. The molecule has 0 heterocycles. The minimum atomic E-state index is 0.620. The molecule has 0 radical (unpaired) electrons. The van der Waals surface area contributed by atoms with E-state index in [1.165, 1.54) is 23.1 Å². The first-order chi connectivity index (χ1) is 7.34. The van der Waals surface area contributed by atoms with E-state index in [1.807, 2.05) is 0 Å². The monoisotopic (exact) mass is 258 g/mol. The number of fused-ring (bicyclic) bond motifs is 1. The van der Waals surface area contributed by atoms with Crippen molar-refractivity contribution in [2.24, 2.45) is 0 Å². The van der Waals surface area contributed by atoms with E-state index in [2.05, 4.69) is 64.5 Å². The summed E-state index contributed by atoms with van der Waals surface area (Å²) in [7, 11) is 0. The lowest BCUT2D eigenvalue weighted by atomic mass is 9.74. The molecule has 1 aliphatic rings. The van der Waals surface area contributed by atoms with E-state index in [0.29, 0.717) is 5.92 Å². The van der Waals surface area contributed by atoms with Gasteiger partial charge in [-0.25, -0.2) is 0 Å². The van der Waals surface area contributed by atoms with Gasteiger partial charge in [-0.05, 0) is 35.2 Å². The molecular weight excluding hydrogens is 248 g/mol. The molecule has 0 saturated carbocycles. The smallest absolute Gasteiger partial charge is 0.0175 e. The van der Waals surface area contributed by atoms with Crippen LogP contribution in [0.4, 0.5) is 0 Å². The number of hydrogen-bond acceptors (Lipinski definition) is 0. The van der Waals surface area contributed by atoms with Crippen molar-refractivity contribution < 1.29 is 0 Å². The van der Waals surface area contributed by atoms with Gasteiger partial charge in [-0.3, -0.25) is 0 Å². The van der Waals surface area contributed by atoms with E-state index < -0.39 is 0 Å².